The van der Waals surface area contributed by atoms with Crippen molar-refractivity contribution in [1.29, 1.82) is 0 Å². The summed E-state index contributed by atoms with van der Waals surface area (Å²) < 4.78 is 0. The van der Waals surface area contributed by atoms with Crippen molar-refractivity contribution in [3.05, 3.63) is 86.4 Å². The molecule has 10 heteroatoms. The second-order valence-corrected chi connectivity index (χ2v) is 7.65. The molecule has 0 radical (unpaired) electrons. The maximum absolute atomic E-state index is 12.9. The normalized spacial score (nSPS) is 18.0. The lowest BCUT2D eigenvalue weighted by Crippen LogP contribution is -2.29. The highest BCUT2D eigenvalue weighted by Gasteiger charge is 2.48. The fourth-order valence-electron chi connectivity index (χ4n) is 3.29. The highest BCUT2D eigenvalue weighted by atomic mass is 32.1. The first-order valence-electron chi connectivity index (χ1n) is 8.79. The van der Waals surface area contributed by atoms with Gasteiger partial charge in [0.1, 0.15) is 10.8 Å². The Balaban J connectivity index is 1.97. The number of non-ortho nitro benzene ring substituents is 1. The summed E-state index contributed by atoms with van der Waals surface area (Å²) in [6.07, 6.45) is 0. The van der Waals surface area contributed by atoms with Crippen LogP contribution in [0, 0.1) is 17.0 Å². The molecule has 1 aromatic heterocycles. The van der Waals surface area contributed by atoms with Gasteiger partial charge >= 0.3 is 5.91 Å². The van der Waals surface area contributed by atoms with E-state index >= 15 is 0 Å². The van der Waals surface area contributed by atoms with Crippen molar-refractivity contribution >= 4 is 39.6 Å². The minimum absolute atomic E-state index is 0.165. The molecule has 4 rings (SSSR count). The summed E-state index contributed by atoms with van der Waals surface area (Å²) in [6.45, 7) is 1.70. The summed E-state index contributed by atoms with van der Waals surface area (Å²) in [4.78, 5) is 37.6. The van der Waals surface area contributed by atoms with Gasteiger partial charge in [0.2, 0.25) is 5.13 Å². The van der Waals surface area contributed by atoms with Gasteiger partial charge in [-0.25, -0.2) is 0 Å². The van der Waals surface area contributed by atoms with Crippen LogP contribution < -0.4 is 4.90 Å². The van der Waals surface area contributed by atoms with E-state index in [0.717, 1.165) is 16.2 Å². The van der Waals surface area contributed by atoms with Crippen molar-refractivity contribution in [1.82, 2.24) is 10.2 Å². The van der Waals surface area contributed by atoms with Gasteiger partial charge in [-0.15, -0.1) is 10.2 Å². The highest BCUT2D eigenvalue weighted by molar-refractivity contribution is 7.15. The number of amides is 1. The second kappa shape index (κ2) is 7.48. The average molecular weight is 422 g/mol. The number of aliphatic hydroxyl groups excluding tert-OH is 1. The number of carbonyl (C=O) groups excluding carboxylic acids is 2. The zero-order valence-electron chi connectivity index (χ0n) is 15.6. The number of carbonyl (C=O) groups is 2. The molecule has 1 fully saturated rings. The van der Waals surface area contributed by atoms with E-state index in [-0.39, 0.29) is 22.2 Å². The van der Waals surface area contributed by atoms with Crippen molar-refractivity contribution in [2.24, 2.45) is 0 Å². The third-order valence-electron chi connectivity index (χ3n) is 4.61. The van der Waals surface area contributed by atoms with Crippen LogP contribution in [0.1, 0.15) is 22.2 Å². The Labute approximate surface area is 174 Å². The number of aromatic nitrogens is 2. The van der Waals surface area contributed by atoms with E-state index in [2.05, 4.69) is 10.2 Å². The van der Waals surface area contributed by atoms with Crippen LogP contribution in [-0.2, 0) is 9.59 Å². The van der Waals surface area contributed by atoms with Gasteiger partial charge in [-0.1, -0.05) is 53.8 Å². The Hall–Kier alpha value is -3.92. The number of hydrogen-bond acceptors (Lipinski definition) is 8. The van der Waals surface area contributed by atoms with E-state index in [9.17, 15) is 24.8 Å². The van der Waals surface area contributed by atoms with Gasteiger partial charge in [-0.3, -0.25) is 24.6 Å². The third kappa shape index (κ3) is 3.22. The van der Waals surface area contributed by atoms with Crippen LogP contribution in [0.25, 0.3) is 5.76 Å². The number of aliphatic hydroxyl groups is 1. The molecule has 1 saturated heterocycles. The van der Waals surface area contributed by atoms with Crippen LogP contribution in [0.3, 0.4) is 0 Å². The van der Waals surface area contributed by atoms with E-state index < -0.39 is 22.7 Å². The maximum atomic E-state index is 12.9. The molecule has 1 aliphatic rings. The first kappa shape index (κ1) is 19.4. The molecule has 1 unspecified atom stereocenters. The zero-order valence-corrected chi connectivity index (χ0v) is 16.4. The molecular weight excluding hydrogens is 408 g/mol. The van der Waals surface area contributed by atoms with Crippen molar-refractivity contribution in [3.8, 4) is 0 Å². The van der Waals surface area contributed by atoms with Gasteiger partial charge < -0.3 is 5.11 Å². The van der Waals surface area contributed by atoms with E-state index in [1.165, 1.54) is 18.2 Å². The molecule has 0 bridgehead atoms. The molecule has 150 valence electrons. The first-order chi connectivity index (χ1) is 14.4. The molecule has 0 spiro atoms. The Morgan fingerprint density at radius 2 is 1.87 bits per heavy atom. The largest absolute Gasteiger partial charge is 0.507 e. The van der Waals surface area contributed by atoms with Crippen molar-refractivity contribution in [2.75, 3.05) is 4.90 Å². The maximum Gasteiger partial charge on any atom is 0.301 e. The lowest BCUT2D eigenvalue weighted by Gasteiger charge is -2.22. The molecule has 1 amide bonds. The lowest BCUT2D eigenvalue weighted by molar-refractivity contribution is -0.384. The number of nitrogens with zero attached hydrogens (tertiary/aromatic N) is 4. The number of rotatable bonds is 4. The Bertz CT molecular complexity index is 1200. The molecule has 0 aliphatic carbocycles. The number of anilines is 1. The van der Waals surface area contributed by atoms with Crippen LogP contribution in [0.4, 0.5) is 10.8 Å². The zero-order chi connectivity index (χ0) is 21.4. The summed E-state index contributed by atoms with van der Waals surface area (Å²) in [5.74, 6) is -2.16. The summed E-state index contributed by atoms with van der Waals surface area (Å²) in [7, 11) is 0. The summed E-state index contributed by atoms with van der Waals surface area (Å²) in [5, 5.41) is 30.8. The monoisotopic (exact) mass is 422 g/mol. The SMILES string of the molecule is Cc1nnc(N2C(=O)C(=O)/C(=C(\O)c3ccccc3)C2c2cccc([N+](=O)[O-])c2)s1. The number of hydrogen-bond donors (Lipinski definition) is 1. The molecular formula is C20H14N4O5S. The number of Topliss-reactive ketones (excluding diaryl/α,β-unsaturated/α-hetero) is 1. The van der Waals surface area contributed by atoms with Crippen molar-refractivity contribution < 1.29 is 19.6 Å². The van der Waals surface area contributed by atoms with E-state index in [1.54, 1.807) is 43.3 Å². The highest BCUT2D eigenvalue weighted by Crippen LogP contribution is 2.43. The minimum Gasteiger partial charge on any atom is -0.507 e. The smallest absolute Gasteiger partial charge is 0.301 e. The summed E-state index contributed by atoms with van der Waals surface area (Å²) in [6, 6.07) is 12.8. The predicted octanol–water partition coefficient (Wildman–Crippen LogP) is 3.38. The van der Waals surface area contributed by atoms with Crippen LogP contribution >= 0.6 is 11.3 Å². The predicted molar refractivity (Wildman–Crippen MR) is 109 cm³/mol. The molecule has 9 nitrogen and oxygen atoms in total. The van der Waals surface area contributed by atoms with Crippen LogP contribution in [0.15, 0.2) is 60.2 Å². The molecule has 2 aromatic carbocycles. The lowest BCUT2D eigenvalue weighted by atomic mass is 9.95. The number of nitro groups is 1. The number of aryl methyl sites for hydroxylation is 1. The van der Waals surface area contributed by atoms with E-state index in [0.29, 0.717) is 16.1 Å². The van der Waals surface area contributed by atoms with Gasteiger partial charge in [0.05, 0.1) is 16.5 Å². The molecule has 2 heterocycles. The standard InChI is InChI=1S/C20H14N4O5S/c1-11-21-22-20(30-11)23-16(13-8-5-9-14(10-13)24(28)29)15(18(26)19(23)27)17(25)12-6-3-2-4-7-12/h2-10,16,25H,1H3/b17-15-. The average Bonchev–Trinajstić information content (AvgIpc) is 3.29. The molecule has 30 heavy (non-hydrogen) atoms. The number of ketones is 1. The number of benzene rings is 2. The number of nitro benzene ring substituents is 1. The van der Waals surface area contributed by atoms with Crippen LogP contribution in [0.5, 0.6) is 0 Å². The van der Waals surface area contributed by atoms with Crippen LogP contribution in [0.2, 0.25) is 0 Å². The minimum atomic E-state index is -1.09. The van der Waals surface area contributed by atoms with Gasteiger partial charge in [0, 0.05) is 17.7 Å². The van der Waals surface area contributed by atoms with Gasteiger partial charge in [-0.05, 0) is 12.5 Å². The van der Waals surface area contributed by atoms with Crippen molar-refractivity contribution in [3.63, 3.8) is 0 Å². The molecule has 3 aromatic rings. The van der Waals surface area contributed by atoms with Gasteiger partial charge in [-0.2, -0.15) is 0 Å². The van der Waals surface area contributed by atoms with Crippen LogP contribution in [-0.4, -0.2) is 31.9 Å². The van der Waals surface area contributed by atoms with Gasteiger partial charge in [0.15, 0.2) is 0 Å². The quantitative estimate of drug-likeness (QED) is 0.224. The van der Waals surface area contributed by atoms with E-state index in [4.69, 9.17) is 0 Å². The third-order valence-corrected chi connectivity index (χ3v) is 5.45. The molecule has 1 N–H and O–H groups in total. The topological polar surface area (TPSA) is 127 Å². The Morgan fingerprint density at radius 3 is 2.50 bits per heavy atom. The van der Waals surface area contributed by atoms with Crippen molar-refractivity contribution in [2.45, 2.75) is 13.0 Å². The summed E-state index contributed by atoms with van der Waals surface area (Å²) in [5.41, 5.74) is 0.277. The molecule has 1 atom stereocenters. The molecule has 1 aliphatic heterocycles. The van der Waals surface area contributed by atoms with E-state index in [1.807, 2.05) is 0 Å². The summed E-state index contributed by atoms with van der Waals surface area (Å²) >= 11 is 1.10. The Morgan fingerprint density at radius 1 is 1.13 bits per heavy atom. The van der Waals surface area contributed by atoms with Gasteiger partial charge in [0.25, 0.3) is 11.5 Å². The second-order valence-electron chi connectivity index (χ2n) is 6.49. The first-order valence-corrected chi connectivity index (χ1v) is 9.61. The Kier molecular flexibility index (Phi) is 4.84. The fourth-order valence-corrected chi connectivity index (χ4v) is 4.00. The fraction of sp³-hybridized carbons (Fsp3) is 0.100. The molecule has 0 saturated carbocycles.